The molecule has 126 valence electrons. The SMILES string of the molecule is COc1cccc(NC(=O)c2ccc3c(=O)n4c(nc3c2)CCC4)c1. The predicted molar refractivity (Wildman–Crippen MR) is 95.3 cm³/mol. The Balaban J connectivity index is 1.68. The van der Waals surface area contributed by atoms with Gasteiger partial charge in [0.1, 0.15) is 11.6 Å². The number of hydrogen-bond acceptors (Lipinski definition) is 4. The van der Waals surface area contributed by atoms with Crippen molar-refractivity contribution in [2.75, 3.05) is 12.4 Å². The third-order valence-electron chi connectivity index (χ3n) is 4.41. The Hall–Kier alpha value is -3.15. The molecular formula is C19H17N3O3. The van der Waals surface area contributed by atoms with Gasteiger partial charge in [-0.05, 0) is 36.8 Å². The van der Waals surface area contributed by atoms with Crippen molar-refractivity contribution < 1.29 is 9.53 Å². The highest BCUT2D eigenvalue weighted by Gasteiger charge is 2.17. The van der Waals surface area contributed by atoms with Crippen LogP contribution in [0.1, 0.15) is 22.6 Å². The minimum Gasteiger partial charge on any atom is -0.497 e. The quantitative estimate of drug-likeness (QED) is 0.798. The van der Waals surface area contributed by atoms with E-state index in [1.807, 2.05) is 6.07 Å². The van der Waals surface area contributed by atoms with Gasteiger partial charge in [-0.1, -0.05) is 6.07 Å². The number of carbonyl (C=O) groups is 1. The molecule has 1 aliphatic heterocycles. The molecule has 1 aliphatic rings. The zero-order valence-electron chi connectivity index (χ0n) is 13.8. The van der Waals surface area contributed by atoms with Crippen LogP contribution in [-0.2, 0) is 13.0 Å². The monoisotopic (exact) mass is 335 g/mol. The number of methoxy groups -OCH3 is 1. The lowest BCUT2D eigenvalue weighted by Gasteiger charge is -2.09. The van der Waals surface area contributed by atoms with Crippen molar-refractivity contribution in [2.24, 2.45) is 0 Å². The topological polar surface area (TPSA) is 73.2 Å². The summed E-state index contributed by atoms with van der Waals surface area (Å²) < 4.78 is 6.88. The fourth-order valence-corrected chi connectivity index (χ4v) is 3.13. The molecular weight excluding hydrogens is 318 g/mol. The van der Waals surface area contributed by atoms with Crippen molar-refractivity contribution in [3.8, 4) is 5.75 Å². The first-order valence-corrected chi connectivity index (χ1v) is 8.14. The van der Waals surface area contributed by atoms with Gasteiger partial charge in [-0.3, -0.25) is 14.2 Å². The largest absolute Gasteiger partial charge is 0.497 e. The first kappa shape index (κ1) is 15.4. The van der Waals surface area contributed by atoms with Crippen LogP contribution < -0.4 is 15.6 Å². The zero-order valence-corrected chi connectivity index (χ0v) is 13.8. The van der Waals surface area contributed by atoms with Gasteiger partial charge in [0.2, 0.25) is 0 Å². The van der Waals surface area contributed by atoms with Crippen molar-refractivity contribution in [1.29, 1.82) is 0 Å². The minimum atomic E-state index is -0.252. The summed E-state index contributed by atoms with van der Waals surface area (Å²) in [5, 5.41) is 3.38. The highest BCUT2D eigenvalue weighted by Crippen LogP contribution is 2.19. The molecule has 4 rings (SSSR count). The van der Waals surface area contributed by atoms with Crippen LogP contribution in [0.15, 0.2) is 47.3 Å². The highest BCUT2D eigenvalue weighted by atomic mass is 16.5. The molecule has 6 nitrogen and oxygen atoms in total. The van der Waals surface area contributed by atoms with E-state index in [1.165, 1.54) is 0 Å². The number of amides is 1. The summed E-state index contributed by atoms with van der Waals surface area (Å²) in [4.78, 5) is 29.5. The van der Waals surface area contributed by atoms with Crippen LogP contribution in [0.3, 0.4) is 0 Å². The number of nitrogens with one attached hydrogen (secondary N) is 1. The second-order valence-corrected chi connectivity index (χ2v) is 6.01. The number of benzene rings is 2. The molecule has 3 aromatic rings. The van der Waals surface area contributed by atoms with Crippen molar-refractivity contribution in [3.05, 3.63) is 64.2 Å². The van der Waals surface area contributed by atoms with Crippen LogP contribution in [-0.4, -0.2) is 22.6 Å². The van der Waals surface area contributed by atoms with E-state index in [1.54, 1.807) is 48.1 Å². The molecule has 1 amide bonds. The van der Waals surface area contributed by atoms with E-state index in [2.05, 4.69) is 10.3 Å². The fourth-order valence-electron chi connectivity index (χ4n) is 3.13. The van der Waals surface area contributed by atoms with E-state index in [-0.39, 0.29) is 11.5 Å². The van der Waals surface area contributed by atoms with E-state index in [0.29, 0.717) is 27.9 Å². The van der Waals surface area contributed by atoms with Crippen molar-refractivity contribution in [2.45, 2.75) is 19.4 Å². The van der Waals surface area contributed by atoms with Crippen LogP contribution in [0.5, 0.6) is 5.75 Å². The van der Waals surface area contributed by atoms with E-state index < -0.39 is 0 Å². The first-order chi connectivity index (χ1) is 12.2. The summed E-state index contributed by atoms with van der Waals surface area (Å²) in [5.74, 6) is 1.21. The Morgan fingerprint density at radius 1 is 1.24 bits per heavy atom. The van der Waals surface area contributed by atoms with E-state index in [4.69, 9.17) is 4.74 Å². The Labute approximate surface area is 144 Å². The zero-order chi connectivity index (χ0) is 17.4. The summed E-state index contributed by atoms with van der Waals surface area (Å²) in [6.45, 7) is 0.717. The molecule has 25 heavy (non-hydrogen) atoms. The van der Waals surface area contributed by atoms with Gasteiger partial charge in [-0.15, -0.1) is 0 Å². The molecule has 0 radical (unpaired) electrons. The van der Waals surface area contributed by atoms with Gasteiger partial charge in [-0.25, -0.2) is 4.98 Å². The van der Waals surface area contributed by atoms with Gasteiger partial charge in [0.15, 0.2) is 0 Å². The van der Waals surface area contributed by atoms with Crippen LogP contribution in [0.2, 0.25) is 0 Å². The highest BCUT2D eigenvalue weighted by molar-refractivity contribution is 6.06. The Kier molecular flexibility index (Phi) is 3.72. The average molecular weight is 335 g/mol. The van der Waals surface area contributed by atoms with Crippen LogP contribution in [0.25, 0.3) is 10.9 Å². The van der Waals surface area contributed by atoms with Crippen LogP contribution in [0, 0.1) is 0 Å². The molecule has 1 N–H and O–H groups in total. The maximum atomic E-state index is 12.5. The lowest BCUT2D eigenvalue weighted by Crippen LogP contribution is -2.21. The number of rotatable bonds is 3. The van der Waals surface area contributed by atoms with Crippen molar-refractivity contribution in [3.63, 3.8) is 0 Å². The van der Waals surface area contributed by atoms with Gasteiger partial charge in [0.05, 0.1) is 18.0 Å². The third kappa shape index (κ3) is 2.76. The van der Waals surface area contributed by atoms with E-state index in [0.717, 1.165) is 25.2 Å². The molecule has 0 aliphatic carbocycles. The fraction of sp³-hybridized carbons (Fsp3) is 0.211. The number of aryl methyl sites for hydroxylation is 1. The molecule has 6 heteroatoms. The molecule has 0 bridgehead atoms. The molecule has 0 saturated carbocycles. The van der Waals surface area contributed by atoms with Gasteiger partial charge in [0.25, 0.3) is 11.5 Å². The number of ether oxygens (including phenoxy) is 1. The average Bonchev–Trinajstić information content (AvgIpc) is 3.10. The predicted octanol–water partition coefficient (Wildman–Crippen LogP) is 2.60. The minimum absolute atomic E-state index is 0.0303. The van der Waals surface area contributed by atoms with Gasteiger partial charge in [-0.2, -0.15) is 0 Å². The summed E-state index contributed by atoms with van der Waals surface area (Å²) in [7, 11) is 1.58. The number of nitrogens with zero attached hydrogens (tertiary/aromatic N) is 2. The summed E-state index contributed by atoms with van der Waals surface area (Å²) in [5.41, 5.74) is 1.64. The van der Waals surface area contributed by atoms with Crippen molar-refractivity contribution >= 4 is 22.5 Å². The van der Waals surface area contributed by atoms with Gasteiger partial charge < -0.3 is 10.1 Å². The molecule has 1 aromatic heterocycles. The smallest absolute Gasteiger partial charge is 0.261 e. The molecule has 0 spiro atoms. The Bertz CT molecular complexity index is 1040. The van der Waals surface area contributed by atoms with E-state index >= 15 is 0 Å². The number of hydrogen-bond donors (Lipinski definition) is 1. The Morgan fingerprint density at radius 2 is 2.12 bits per heavy atom. The molecule has 2 aromatic carbocycles. The number of aromatic nitrogens is 2. The number of anilines is 1. The normalized spacial score (nSPS) is 12.8. The van der Waals surface area contributed by atoms with Gasteiger partial charge in [0, 0.05) is 30.3 Å². The van der Waals surface area contributed by atoms with Crippen LogP contribution >= 0.6 is 0 Å². The third-order valence-corrected chi connectivity index (χ3v) is 4.41. The maximum Gasteiger partial charge on any atom is 0.261 e. The summed E-state index contributed by atoms with van der Waals surface area (Å²) >= 11 is 0. The summed E-state index contributed by atoms with van der Waals surface area (Å²) in [6.07, 6.45) is 1.73. The molecule has 0 saturated heterocycles. The second-order valence-electron chi connectivity index (χ2n) is 6.01. The molecule has 0 unspecified atom stereocenters. The Morgan fingerprint density at radius 3 is 2.96 bits per heavy atom. The standard InChI is InChI=1S/C19H17N3O3/c1-25-14-5-2-4-13(11-14)20-18(23)12-7-8-15-16(10-12)21-17-6-3-9-22(17)19(15)24/h2,4-5,7-8,10-11H,3,6,9H2,1H3,(H,20,23). The number of carbonyl (C=O) groups excluding carboxylic acids is 1. The number of fused-ring (bicyclic) bond motifs is 2. The maximum absolute atomic E-state index is 12.5. The van der Waals surface area contributed by atoms with Gasteiger partial charge >= 0.3 is 0 Å². The van der Waals surface area contributed by atoms with Crippen LogP contribution in [0.4, 0.5) is 5.69 Å². The summed E-state index contributed by atoms with van der Waals surface area (Å²) in [6, 6.07) is 12.2. The molecule has 0 fully saturated rings. The second kappa shape index (κ2) is 6.05. The van der Waals surface area contributed by atoms with E-state index in [9.17, 15) is 9.59 Å². The first-order valence-electron chi connectivity index (χ1n) is 8.14. The molecule has 2 heterocycles. The lowest BCUT2D eigenvalue weighted by molar-refractivity contribution is 0.102. The molecule has 0 atom stereocenters. The lowest BCUT2D eigenvalue weighted by atomic mass is 10.1. The van der Waals surface area contributed by atoms with Crippen molar-refractivity contribution in [1.82, 2.24) is 9.55 Å².